The molecule has 7 heteroatoms. The average molecular weight is 332 g/mol. The highest BCUT2D eigenvalue weighted by molar-refractivity contribution is 5.88. The summed E-state index contributed by atoms with van der Waals surface area (Å²) in [6.07, 6.45) is 5.18. The molecule has 3 heterocycles. The van der Waals surface area contributed by atoms with Crippen LogP contribution in [0.25, 0.3) is 0 Å². The molecule has 1 spiro atoms. The van der Waals surface area contributed by atoms with Crippen molar-refractivity contribution in [3.63, 3.8) is 0 Å². The molecule has 130 valence electrons. The summed E-state index contributed by atoms with van der Waals surface area (Å²) in [4.78, 5) is 34.4. The van der Waals surface area contributed by atoms with Crippen molar-refractivity contribution in [1.82, 2.24) is 15.3 Å². The molecule has 2 aliphatic heterocycles. The van der Waals surface area contributed by atoms with Gasteiger partial charge < -0.3 is 15.3 Å². The van der Waals surface area contributed by atoms with E-state index in [1.807, 2.05) is 13.1 Å². The number of amides is 1. The second-order valence-electron chi connectivity index (χ2n) is 6.80. The number of anilines is 1. The van der Waals surface area contributed by atoms with Gasteiger partial charge in [0.05, 0.1) is 11.5 Å². The average Bonchev–Trinajstić information content (AvgIpc) is 2.86. The van der Waals surface area contributed by atoms with Gasteiger partial charge in [-0.2, -0.15) is 0 Å². The van der Waals surface area contributed by atoms with E-state index >= 15 is 0 Å². The molecule has 0 saturated carbocycles. The van der Waals surface area contributed by atoms with E-state index < -0.39 is 17.4 Å². The van der Waals surface area contributed by atoms with E-state index in [0.717, 1.165) is 30.0 Å². The Bertz CT molecular complexity index is 653. The molecule has 0 unspecified atom stereocenters. The number of aryl methyl sites for hydroxylation is 2. The smallest absolute Gasteiger partial charge is 0.309 e. The summed E-state index contributed by atoms with van der Waals surface area (Å²) in [6, 6.07) is 0. The largest absolute Gasteiger partial charge is 0.481 e. The van der Waals surface area contributed by atoms with Crippen molar-refractivity contribution in [2.45, 2.75) is 51.5 Å². The second kappa shape index (κ2) is 6.37. The number of nitrogens with one attached hydrogen (secondary N) is 1. The predicted molar refractivity (Wildman–Crippen MR) is 88.8 cm³/mol. The van der Waals surface area contributed by atoms with Crippen LogP contribution >= 0.6 is 0 Å². The van der Waals surface area contributed by atoms with Crippen LogP contribution in [-0.4, -0.2) is 45.6 Å². The van der Waals surface area contributed by atoms with Crippen LogP contribution in [0.15, 0.2) is 6.20 Å². The predicted octanol–water partition coefficient (Wildman–Crippen LogP) is 1.30. The molecule has 1 amide bonds. The van der Waals surface area contributed by atoms with Gasteiger partial charge in [0.1, 0.15) is 11.6 Å². The number of carboxylic acid groups (broad SMARTS) is 1. The van der Waals surface area contributed by atoms with Gasteiger partial charge in [-0.15, -0.1) is 0 Å². The summed E-state index contributed by atoms with van der Waals surface area (Å²) in [7, 11) is 0. The molecule has 1 aromatic heterocycles. The summed E-state index contributed by atoms with van der Waals surface area (Å²) in [5.41, 5.74) is 0.524. The van der Waals surface area contributed by atoms with E-state index in [-0.39, 0.29) is 12.3 Å². The first-order chi connectivity index (χ1) is 11.4. The van der Waals surface area contributed by atoms with Crippen molar-refractivity contribution in [3.05, 3.63) is 17.6 Å². The zero-order valence-corrected chi connectivity index (χ0v) is 14.2. The molecule has 0 aromatic carbocycles. The molecule has 0 bridgehead atoms. The zero-order chi connectivity index (χ0) is 17.3. The first-order valence-electron chi connectivity index (χ1n) is 8.56. The third-order valence-corrected chi connectivity index (χ3v) is 5.18. The summed E-state index contributed by atoms with van der Waals surface area (Å²) < 4.78 is 0. The SMILES string of the molecule is CCCc1cnc(C)nc1N1CCC2(CC1)NC(=O)C[C@@H]2C(=O)O. The molecule has 2 N–H and O–H groups in total. The number of nitrogens with zero attached hydrogens (tertiary/aromatic N) is 3. The Labute approximate surface area is 141 Å². The molecular weight excluding hydrogens is 308 g/mol. The van der Waals surface area contributed by atoms with Gasteiger partial charge in [0.25, 0.3) is 0 Å². The van der Waals surface area contributed by atoms with Crippen LogP contribution in [0.3, 0.4) is 0 Å². The molecule has 1 aromatic rings. The van der Waals surface area contributed by atoms with Gasteiger partial charge in [0.2, 0.25) is 5.91 Å². The molecule has 0 radical (unpaired) electrons. The van der Waals surface area contributed by atoms with Crippen LogP contribution in [0.1, 0.15) is 44.0 Å². The van der Waals surface area contributed by atoms with Gasteiger partial charge in [0.15, 0.2) is 0 Å². The number of carboxylic acids is 1. The summed E-state index contributed by atoms with van der Waals surface area (Å²) in [6.45, 7) is 5.39. The Morgan fingerprint density at radius 2 is 2.17 bits per heavy atom. The van der Waals surface area contributed by atoms with E-state index in [1.54, 1.807) is 0 Å². The quantitative estimate of drug-likeness (QED) is 0.863. The lowest BCUT2D eigenvalue weighted by Gasteiger charge is -2.42. The van der Waals surface area contributed by atoms with Gasteiger partial charge >= 0.3 is 5.97 Å². The van der Waals surface area contributed by atoms with Crippen LogP contribution in [0.2, 0.25) is 0 Å². The van der Waals surface area contributed by atoms with Crippen molar-refractivity contribution in [1.29, 1.82) is 0 Å². The Morgan fingerprint density at radius 3 is 2.79 bits per heavy atom. The number of piperidine rings is 1. The van der Waals surface area contributed by atoms with Crippen molar-refractivity contribution < 1.29 is 14.7 Å². The lowest BCUT2D eigenvalue weighted by Crippen LogP contribution is -2.56. The first-order valence-corrected chi connectivity index (χ1v) is 8.56. The molecule has 1 atom stereocenters. The first kappa shape index (κ1) is 16.7. The van der Waals surface area contributed by atoms with E-state index in [9.17, 15) is 14.7 Å². The van der Waals surface area contributed by atoms with Crippen molar-refractivity contribution in [2.75, 3.05) is 18.0 Å². The van der Waals surface area contributed by atoms with Gasteiger partial charge in [-0.25, -0.2) is 9.97 Å². The summed E-state index contributed by atoms with van der Waals surface area (Å²) >= 11 is 0. The monoisotopic (exact) mass is 332 g/mol. The molecule has 2 saturated heterocycles. The highest BCUT2D eigenvalue weighted by Gasteiger charge is 2.51. The topological polar surface area (TPSA) is 95.4 Å². The van der Waals surface area contributed by atoms with Crippen LogP contribution in [0.4, 0.5) is 5.82 Å². The fourth-order valence-electron chi connectivity index (χ4n) is 3.91. The molecule has 0 aliphatic carbocycles. The second-order valence-corrected chi connectivity index (χ2v) is 6.80. The molecule has 2 fully saturated rings. The number of rotatable bonds is 4. The lowest BCUT2D eigenvalue weighted by molar-refractivity contribution is -0.144. The van der Waals surface area contributed by atoms with Crippen molar-refractivity contribution in [3.8, 4) is 0 Å². The van der Waals surface area contributed by atoms with Crippen LogP contribution in [0, 0.1) is 12.8 Å². The molecule has 3 rings (SSSR count). The van der Waals surface area contributed by atoms with Crippen LogP contribution in [-0.2, 0) is 16.0 Å². The maximum absolute atomic E-state index is 11.8. The Morgan fingerprint density at radius 1 is 1.46 bits per heavy atom. The van der Waals surface area contributed by atoms with Gasteiger partial charge in [0, 0.05) is 31.3 Å². The molecule has 2 aliphatic rings. The third kappa shape index (κ3) is 2.95. The number of hydrogen-bond acceptors (Lipinski definition) is 5. The number of hydrogen-bond donors (Lipinski definition) is 2. The van der Waals surface area contributed by atoms with Gasteiger partial charge in [-0.05, 0) is 26.2 Å². The Balaban J connectivity index is 1.79. The fraction of sp³-hybridized carbons (Fsp3) is 0.647. The number of carbonyl (C=O) groups is 2. The van der Waals surface area contributed by atoms with Gasteiger partial charge in [-0.3, -0.25) is 9.59 Å². The minimum Gasteiger partial charge on any atom is -0.481 e. The third-order valence-electron chi connectivity index (χ3n) is 5.18. The van der Waals surface area contributed by atoms with Crippen LogP contribution in [0.5, 0.6) is 0 Å². The maximum Gasteiger partial charge on any atom is 0.309 e. The number of aliphatic carboxylic acids is 1. The van der Waals surface area contributed by atoms with Crippen molar-refractivity contribution in [2.24, 2.45) is 5.92 Å². The lowest BCUT2D eigenvalue weighted by atomic mass is 9.77. The maximum atomic E-state index is 11.8. The molecule has 7 nitrogen and oxygen atoms in total. The van der Waals surface area contributed by atoms with E-state index in [0.29, 0.717) is 25.9 Å². The van der Waals surface area contributed by atoms with E-state index in [1.165, 1.54) is 0 Å². The van der Waals surface area contributed by atoms with Gasteiger partial charge in [-0.1, -0.05) is 13.3 Å². The van der Waals surface area contributed by atoms with E-state index in [2.05, 4.69) is 27.1 Å². The highest BCUT2D eigenvalue weighted by atomic mass is 16.4. The van der Waals surface area contributed by atoms with Crippen LogP contribution < -0.4 is 10.2 Å². The van der Waals surface area contributed by atoms with E-state index in [4.69, 9.17) is 0 Å². The summed E-state index contributed by atoms with van der Waals surface area (Å²) in [5.74, 6) is 0.0271. The minimum absolute atomic E-state index is 0.0863. The van der Waals surface area contributed by atoms with Crippen molar-refractivity contribution >= 4 is 17.7 Å². The number of aromatic nitrogens is 2. The summed E-state index contributed by atoms with van der Waals surface area (Å²) in [5, 5.41) is 12.4. The number of carbonyl (C=O) groups excluding carboxylic acids is 1. The minimum atomic E-state index is -0.883. The zero-order valence-electron chi connectivity index (χ0n) is 14.2. The normalized spacial score (nSPS) is 22.7. The molecule has 24 heavy (non-hydrogen) atoms. The highest BCUT2D eigenvalue weighted by Crippen LogP contribution is 2.38. The standard InChI is InChI=1S/C17H24N4O3/c1-3-4-12-10-18-11(2)19-15(12)21-7-5-17(6-8-21)13(16(23)24)9-14(22)20-17/h10,13H,3-9H2,1-2H3,(H,20,22)(H,23,24)/t13-/m1/s1. The molecular formula is C17H24N4O3. The fourth-order valence-corrected chi connectivity index (χ4v) is 3.91. The Kier molecular flexibility index (Phi) is 4.43. The Hall–Kier alpha value is -2.18.